The molecule has 4 aliphatic rings. The van der Waals surface area contributed by atoms with Crippen LogP contribution in [-0.4, -0.2) is 24.4 Å². The summed E-state index contributed by atoms with van der Waals surface area (Å²) in [5.74, 6) is 1.48. The highest BCUT2D eigenvalue weighted by Crippen LogP contribution is 2.60. The Bertz CT molecular complexity index is 790. The molecule has 29 heavy (non-hydrogen) atoms. The number of urea groups is 1. The quantitative estimate of drug-likeness (QED) is 0.658. The molecule has 0 spiro atoms. The molecule has 4 aliphatic carbocycles. The molecule has 4 saturated carbocycles. The second-order valence-corrected chi connectivity index (χ2v) is 9.48. The van der Waals surface area contributed by atoms with E-state index in [1.165, 1.54) is 19.3 Å². The highest BCUT2D eigenvalue weighted by molar-refractivity contribution is 6.31. The molecule has 0 heterocycles. The minimum absolute atomic E-state index is 0.0575. The molecular weight excluding hydrogens is 392 g/mol. The van der Waals surface area contributed by atoms with Crippen LogP contribution in [0.25, 0.3) is 0 Å². The van der Waals surface area contributed by atoms with Gasteiger partial charge in [-0.05, 0) is 67.9 Å². The normalized spacial score (nSPS) is 30.6. The van der Waals surface area contributed by atoms with Crippen LogP contribution < -0.4 is 11.1 Å². The van der Waals surface area contributed by atoms with Crippen LogP contribution in [0.1, 0.15) is 56.6 Å². The lowest BCUT2D eigenvalue weighted by Crippen LogP contribution is -2.51. The summed E-state index contributed by atoms with van der Waals surface area (Å²) in [5.41, 5.74) is 5.54. The fourth-order valence-electron chi connectivity index (χ4n) is 6.15. The Hall–Kier alpha value is -2.08. The van der Waals surface area contributed by atoms with Crippen molar-refractivity contribution in [2.24, 2.45) is 28.9 Å². The molecule has 0 aromatic heterocycles. The number of rotatable bonds is 7. The lowest BCUT2D eigenvalue weighted by atomic mass is 9.48. The summed E-state index contributed by atoms with van der Waals surface area (Å²) in [6.45, 7) is -0.198. The SMILES string of the molecule is NC(=O)N[C@H](CC(=O)OCC(=O)C12CC3CC(CC(C3)C1)C2)c1ccccc1Cl. The van der Waals surface area contributed by atoms with Gasteiger partial charge in [0.1, 0.15) is 0 Å². The highest BCUT2D eigenvalue weighted by Gasteiger charge is 2.54. The molecule has 0 radical (unpaired) electrons. The predicted molar refractivity (Wildman–Crippen MR) is 108 cm³/mol. The number of hydrogen-bond donors (Lipinski definition) is 2. The van der Waals surface area contributed by atoms with Gasteiger partial charge in [0.25, 0.3) is 0 Å². The minimum Gasteiger partial charge on any atom is -0.458 e. The standard InChI is InChI=1S/C22H27ClN2O4/c23-17-4-2-1-3-16(17)18(25-21(24)28)8-20(27)29-12-19(26)22-9-13-5-14(10-22)7-15(6-13)11-22/h1-4,13-15,18H,5-12H2,(H3,24,25,28)/t13?,14?,15?,18-,22?/m1/s1. The molecule has 0 unspecified atom stereocenters. The Morgan fingerprint density at radius 3 is 2.24 bits per heavy atom. The molecule has 0 saturated heterocycles. The fraction of sp³-hybridized carbons (Fsp3) is 0.591. The van der Waals surface area contributed by atoms with Gasteiger partial charge in [-0.2, -0.15) is 0 Å². The molecule has 5 rings (SSSR count). The Kier molecular flexibility index (Phi) is 5.56. The van der Waals surface area contributed by atoms with Crippen LogP contribution in [0.4, 0.5) is 4.79 Å². The second kappa shape index (κ2) is 7.98. The maximum Gasteiger partial charge on any atom is 0.312 e. The monoisotopic (exact) mass is 418 g/mol. The van der Waals surface area contributed by atoms with E-state index < -0.39 is 18.0 Å². The van der Waals surface area contributed by atoms with Crippen molar-refractivity contribution in [2.45, 2.75) is 51.0 Å². The van der Waals surface area contributed by atoms with Crippen molar-refractivity contribution in [2.75, 3.05) is 6.61 Å². The van der Waals surface area contributed by atoms with Crippen molar-refractivity contribution in [3.05, 3.63) is 34.9 Å². The van der Waals surface area contributed by atoms with Gasteiger partial charge in [-0.15, -0.1) is 0 Å². The van der Waals surface area contributed by atoms with Gasteiger partial charge in [0.05, 0.1) is 12.5 Å². The Labute approximate surface area is 175 Å². The maximum atomic E-state index is 13.0. The topological polar surface area (TPSA) is 98.5 Å². The van der Waals surface area contributed by atoms with Crippen molar-refractivity contribution in [1.29, 1.82) is 0 Å². The summed E-state index contributed by atoms with van der Waals surface area (Å²) in [6, 6.07) is 5.45. The lowest BCUT2D eigenvalue weighted by molar-refractivity contribution is -0.158. The molecule has 1 atom stereocenters. The Balaban J connectivity index is 1.37. The van der Waals surface area contributed by atoms with Crippen LogP contribution in [0.5, 0.6) is 0 Å². The molecule has 1 aromatic rings. The van der Waals surface area contributed by atoms with E-state index in [2.05, 4.69) is 5.32 Å². The molecule has 1 aromatic carbocycles. The Morgan fingerprint density at radius 2 is 1.69 bits per heavy atom. The van der Waals surface area contributed by atoms with Crippen LogP contribution in [-0.2, 0) is 14.3 Å². The van der Waals surface area contributed by atoms with Crippen molar-refractivity contribution in [3.63, 3.8) is 0 Å². The van der Waals surface area contributed by atoms with E-state index in [0.29, 0.717) is 28.3 Å². The first-order valence-electron chi connectivity index (χ1n) is 10.3. The van der Waals surface area contributed by atoms with Crippen LogP contribution in [0.15, 0.2) is 24.3 Å². The van der Waals surface area contributed by atoms with Crippen LogP contribution in [0.2, 0.25) is 5.02 Å². The summed E-state index contributed by atoms with van der Waals surface area (Å²) >= 11 is 6.19. The number of amides is 2. The number of hydrogen-bond acceptors (Lipinski definition) is 4. The van der Waals surface area contributed by atoms with E-state index in [4.69, 9.17) is 22.1 Å². The number of ketones is 1. The van der Waals surface area contributed by atoms with E-state index in [1.54, 1.807) is 24.3 Å². The third-order valence-electron chi connectivity index (χ3n) is 6.96. The van der Waals surface area contributed by atoms with Crippen molar-refractivity contribution in [3.8, 4) is 0 Å². The molecule has 4 bridgehead atoms. The number of carbonyl (C=O) groups is 3. The zero-order valence-electron chi connectivity index (χ0n) is 16.4. The number of halogens is 1. The second-order valence-electron chi connectivity index (χ2n) is 9.07. The van der Waals surface area contributed by atoms with Crippen molar-refractivity contribution in [1.82, 2.24) is 5.32 Å². The van der Waals surface area contributed by atoms with E-state index in [9.17, 15) is 14.4 Å². The first-order valence-corrected chi connectivity index (χ1v) is 10.7. The minimum atomic E-state index is -0.757. The number of benzene rings is 1. The molecule has 156 valence electrons. The van der Waals surface area contributed by atoms with E-state index in [1.807, 2.05) is 0 Å². The van der Waals surface area contributed by atoms with Gasteiger partial charge in [-0.3, -0.25) is 9.59 Å². The number of Topliss-reactive ketones (excluding diaryl/α,β-unsaturated/α-hetero) is 1. The number of nitrogens with one attached hydrogen (secondary N) is 1. The van der Waals surface area contributed by atoms with E-state index in [0.717, 1.165) is 19.3 Å². The number of ether oxygens (including phenoxy) is 1. The van der Waals surface area contributed by atoms with Gasteiger partial charge in [0.2, 0.25) is 0 Å². The first-order chi connectivity index (χ1) is 13.8. The van der Waals surface area contributed by atoms with Gasteiger partial charge < -0.3 is 15.8 Å². The molecular formula is C22H27ClN2O4. The van der Waals surface area contributed by atoms with Crippen molar-refractivity contribution >= 4 is 29.4 Å². The molecule has 0 aliphatic heterocycles. The molecule has 4 fully saturated rings. The molecule has 3 N–H and O–H groups in total. The maximum absolute atomic E-state index is 13.0. The number of primary amides is 1. The van der Waals surface area contributed by atoms with Crippen molar-refractivity contribution < 1.29 is 19.1 Å². The summed E-state index contributed by atoms with van der Waals surface area (Å²) < 4.78 is 5.34. The molecule has 2 amide bonds. The van der Waals surface area contributed by atoms with Gasteiger partial charge in [-0.25, -0.2) is 4.79 Å². The fourth-order valence-corrected chi connectivity index (χ4v) is 6.41. The van der Waals surface area contributed by atoms with E-state index >= 15 is 0 Å². The highest BCUT2D eigenvalue weighted by atomic mass is 35.5. The van der Waals surface area contributed by atoms with E-state index in [-0.39, 0.29) is 24.2 Å². The number of carbonyl (C=O) groups excluding carboxylic acids is 3. The summed E-state index contributed by atoms with van der Waals surface area (Å²) in [4.78, 5) is 36.8. The van der Waals surface area contributed by atoms with Gasteiger partial charge >= 0.3 is 12.0 Å². The third-order valence-corrected chi connectivity index (χ3v) is 7.31. The Morgan fingerprint density at radius 1 is 1.10 bits per heavy atom. The molecule has 6 nitrogen and oxygen atoms in total. The van der Waals surface area contributed by atoms with Gasteiger partial charge in [0, 0.05) is 10.4 Å². The average Bonchev–Trinajstić information content (AvgIpc) is 2.64. The smallest absolute Gasteiger partial charge is 0.312 e. The largest absolute Gasteiger partial charge is 0.458 e. The number of esters is 1. The number of nitrogens with two attached hydrogens (primary N) is 1. The summed E-state index contributed by atoms with van der Waals surface area (Å²) in [5, 5.41) is 2.95. The lowest BCUT2D eigenvalue weighted by Gasteiger charge is -2.55. The van der Waals surface area contributed by atoms with Crippen LogP contribution >= 0.6 is 11.6 Å². The third kappa shape index (κ3) is 4.27. The summed E-state index contributed by atoms with van der Waals surface area (Å²) in [6.07, 6.45) is 6.46. The predicted octanol–water partition coefficient (Wildman–Crippen LogP) is 3.77. The first kappa shape index (κ1) is 20.2. The zero-order chi connectivity index (χ0) is 20.6. The van der Waals surface area contributed by atoms with Gasteiger partial charge in [0.15, 0.2) is 12.4 Å². The zero-order valence-corrected chi connectivity index (χ0v) is 17.1. The van der Waals surface area contributed by atoms with Gasteiger partial charge in [-0.1, -0.05) is 29.8 Å². The summed E-state index contributed by atoms with van der Waals surface area (Å²) in [7, 11) is 0. The molecule has 7 heteroatoms. The average molecular weight is 419 g/mol. The van der Waals surface area contributed by atoms with Crippen LogP contribution in [0.3, 0.4) is 0 Å². The van der Waals surface area contributed by atoms with Crippen LogP contribution in [0, 0.1) is 23.2 Å².